The Kier molecular flexibility index (Phi) is 4.75. The van der Waals surface area contributed by atoms with Crippen LogP contribution < -0.4 is 4.72 Å². The summed E-state index contributed by atoms with van der Waals surface area (Å²) in [6.07, 6.45) is 0.681. The van der Waals surface area contributed by atoms with Gasteiger partial charge in [-0.3, -0.25) is 0 Å². The minimum atomic E-state index is -3.52. The molecule has 2 rings (SSSR count). The second kappa shape index (κ2) is 6.35. The Bertz CT molecular complexity index is 682. The fourth-order valence-electron chi connectivity index (χ4n) is 2.06. The molecule has 0 bridgehead atoms. The van der Waals surface area contributed by atoms with Crippen LogP contribution in [0.25, 0.3) is 10.8 Å². The summed E-state index contributed by atoms with van der Waals surface area (Å²) in [5, 5.41) is 1.94. The van der Waals surface area contributed by atoms with E-state index in [1.54, 1.807) is 19.2 Å². The number of fused-ring (bicyclic) bond motifs is 1. The molecule has 5 heteroatoms. The van der Waals surface area contributed by atoms with Gasteiger partial charge < -0.3 is 4.74 Å². The maximum Gasteiger partial charge on any atom is 0.240 e. The third-order valence-electron chi connectivity index (χ3n) is 3.21. The first-order valence-corrected chi connectivity index (χ1v) is 8.05. The van der Waals surface area contributed by atoms with Crippen molar-refractivity contribution in [1.29, 1.82) is 0 Å². The third kappa shape index (κ3) is 3.36. The molecule has 0 saturated heterocycles. The molecule has 1 atom stereocenters. The van der Waals surface area contributed by atoms with Gasteiger partial charge in [0.05, 0.1) is 11.5 Å². The lowest BCUT2D eigenvalue weighted by Gasteiger charge is -2.16. The predicted molar refractivity (Wildman–Crippen MR) is 80.2 cm³/mol. The maximum atomic E-state index is 12.4. The molecule has 1 N–H and O–H groups in total. The summed E-state index contributed by atoms with van der Waals surface area (Å²) in [5.41, 5.74) is 0. The van der Waals surface area contributed by atoms with E-state index in [4.69, 9.17) is 4.74 Å². The van der Waals surface area contributed by atoms with Crippen LogP contribution in [0.1, 0.15) is 13.3 Å². The molecule has 4 nitrogen and oxygen atoms in total. The zero-order valence-electron chi connectivity index (χ0n) is 11.7. The van der Waals surface area contributed by atoms with Crippen molar-refractivity contribution in [2.24, 2.45) is 0 Å². The Morgan fingerprint density at radius 2 is 1.85 bits per heavy atom. The number of benzene rings is 2. The molecule has 0 amide bonds. The van der Waals surface area contributed by atoms with Crippen LogP contribution in [0.15, 0.2) is 47.4 Å². The number of hydrogen-bond donors (Lipinski definition) is 1. The molecule has 0 aromatic heterocycles. The molecule has 0 aliphatic carbocycles. The van der Waals surface area contributed by atoms with Crippen LogP contribution in [0.5, 0.6) is 0 Å². The smallest absolute Gasteiger partial charge is 0.240 e. The molecular weight excluding hydrogens is 274 g/mol. The predicted octanol–water partition coefficient (Wildman–Crippen LogP) is 2.54. The van der Waals surface area contributed by atoms with E-state index >= 15 is 0 Å². The highest BCUT2D eigenvalue weighted by molar-refractivity contribution is 7.89. The van der Waals surface area contributed by atoms with E-state index in [9.17, 15) is 8.42 Å². The van der Waals surface area contributed by atoms with E-state index in [-0.39, 0.29) is 10.9 Å². The van der Waals surface area contributed by atoms with Crippen molar-refractivity contribution >= 4 is 20.8 Å². The summed E-state index contributed by atoms with van der Waals surface area (Å²) in [7, 11) is -1.95. The first-order chi connectivity index (χ1) is 9.56. The second-order valence-electron chi connectivity index (χ2n) is 4.69. The van der Waals surface area contributed by atoms with Crippen LogP contribution in [-0.4, -0.2) is 28.2 Å². The van der Waals surface area contributed by atoms with Gasteiger partial charge in [-0.25, -0.2) is 13.1 Å². The molecule has 108 valence electrons. The van der Waals surface area contributed by atoms with Crippen LogP contribution in [-0.2, 0) is 14.8 Å². The largest absolute Gasteiger partial charge is 0.383 e. The van der Waals surface area contributed by atoms with Crippen molar-refractivity contribution in [3.63, 3.8) is 0 Å². The van der Waals surface area contributed by atoms with Gasteiger partial charge in [0.2, 0.25) is 10.0 Å². The molecule has 0 radical (unpaired) electrons. The topological polar surface area (TPSA) is 55.4 Å². The number of nitrogens with one attached hydrogen (secondary N) is 1. The average molecular weight is 293 g/mol. The summed E-state index contributed by atoms with van der Waals surface area (Å²) in [6.45, 7) is 2.29. The van der Waals surface area contributed by atoms with Crippen molar-refractivity contribution in [3.05, 3.63) is 42.5 Å². The van der Waals surface area contributed by atoms with E-state index in [1.165, 1.54) is 0 Å². The monoisotopic (exact) mass is 293 g/mol. The fraction of sp³-hybridized carbons (Fsp3) is 0.333. The van der Waals surface area contributed by atoms with E-state index in [0.29, 0.717) is 13.0 Å². The number of sulfonamides is 1. The Morgan fingerprint density at radius 1 is 1.15 bits per heavy atom. The van der Waals surface area contributed by atoms with Gasteiger partial charge in [-0.15, -0.1) is 0 Å². The van der Waals surface area contributed by atoms with Crippen molar-refractivity contribution in [3.8, 4) is 0 Å². The number of rotatable bonds is 6. The summed E-state index contributed by atoms with van der Waals surface area (Å²) < 4.78 is 32.4. The number of ether oxygens (including phenoxy) is 1. The summed E-state index contributed by atoms with van der Waals surface area (Å²) in [5.74, 6) is 0. The van der Waals surface area contributed by atoms with Gasteiger partial charge >= 0.3 is 0 Å². The molecule has 0 saturated carbocycles. The third-order valence-corrected chi connectivity index (χ3v) is 4.73. The van der Waals surface area contributed by atoms with Crippen molar-refractivity contribution in [1.82, 2.24) is 4.72 Å². The summed E-state index contributed by atoms with van der Waals surface area (Å²) >= 11 is 0. The molecule has 0 aliphatic rings. The van der Waals surface area contributed by atoms with E-state index < -0.39 is 10.0 Å². The highest BCUT2D eigenvalue weighted by atomic mass is 32.2. The van der Waals surface area contributed by atoms with Crippen molar-refractivity contribution in [2.45, 2.75) is 24.3 Å². The van der Waals surface area contributed by atoms with E-state index in [0.717, 1.165) is 10.8 Å². The van der Waals surface area contributed by atoms with Gasteiger partial charge in [0.1, 0.15) is 0 Å². The molecule has 2 aromatic carbocycles. The van der Waals surface area contributed by atoms with Gasteiger partial charge in [0.25, 0.3) is 0 Å². The zero-order chi connectivity index (χ0) is 14.6. The minimum Gasteiger partial charge on any atom is -0.383 e. The first-order valence-electron chi connectivity index (χ1n) is 6.57. The Morgan fingerprint density at radius 3 is 2.50 bits per heavy atom. The molecule has 0 heterocycles. The van der Waals surface area contributed by atoms with Crippen molar-refractivity contribution < 1.29 is 13.2 Å². The minimum absolute atomic E-state index is 0.212. The highest BCUT2D eigenvalue weighted by Gasteiger charge is 2.19. The van der Waals surface area contributed by atoms with Gasteiger partial charge in [0.15, 0.2) is 0 Å². The van der Waals surface area contributed by atoms with Crippen LogP contribution in [0.2, 0.25) is 0 Å². The Labute approximate surface area is 119 Å². The van der Waals surface area contributed by atoms with Crippen LogP contribution in [0.3, 0.4) is 0 Å². The zero-order valence-corrected chi connectivity index (χ0v) is 12.5. The lowest BCUT2D eigenvalue weighted by molar-refractivity contribution is 0.173. The first kappa shape index (κ1) is 15.0. The fourth-order valence-corrected chi connectivity index (χ4v) is 3.40. The Hall–Kier alpha value is -1.43. The molecule has 2 aromatic rings. The quantitative estimate of drug-likeness (QED) is 0.890. The molecule has 20 heavy (non-hydrogen) atoms. The maximum absolute atomic E-state index is 12.4. The SMILES string of the molecule is CCC(COC)NS(=O)(=O)c1ccc2ccccc2c1. The normalized spacial score (nSPS) is 13.5. The molecular formula is C15H19NO3S. The molecule has 0 aliphatic heterocycles. The lowest BCUT2D eigenvalue weighted by Crippen LogP contribution is -2.37. The second-order valence-corrected chi connectivity index (χ2v) is 6.40. The molecule has 0 fully saturated rings. The number of methoxy groups -OCH3 is 1. The average Bonchev–Trinajstić information content (AvgIpc) is 2.46. The standard InChI is InChI=1S/C15H19NO3S/c1-3-14(11-19-2)16-20(17,18)15-9-8-12-6-4-5-7-13(12)10-15/h4-10,14,16H,3,11H2,1-2H3. The summed E-state index contributed by atoms with van der Waals surface area (Å²) in [6, 6.07) is 12.6. The highest BCUT2D eigenvalue weighted by Crippen LogP contribution is 2.19. The van der Waals surface area contributed by atoms with Crippen LogP contribution in [0.4, 0.5) is 0 Å². The van der Waals surface area contributed by atoms with Gasteiger partial charge in [-0.1, -0.05) is 37.3 Å². The lowest BCUT2D eigenvalue weighted by atomic mass is 10.1. The van der Waals surface area contributed by atoms with E-state index in [1.807, 2.05) is 37.3 Å². The van der Waals surface area contributed by atoms with Gasteiger partial charge in [-0.2, -0.15) is 0 Å². The molecule has 1 unspecified atom stereocenters. The molecule has 0 spiro atoms. The van der Waals surface area contributed by atoms with Gasteiger partial charge in [-0.05, 0) is 29.3 Å². The van der Waals surface area contributed by atoms with Gasteiger partial charge in [0, 0.05) is 13.2 Å². The van der Waals surface area contributed by atoms with E-state index in [2.05, 4.69) is 4.72 Å². The van der Waals surface area contributed by atoms with Crippen LogP contribution >= 0.6 is 0 Å². The Balaban J connectivity index is 2.31. The van der Waals surface area contributed by atoms with Crippen molar-refractivity contribution in [2.75, 3.05) is 13.7 Å². The number of hydrogen-bond acceptors (Lipinski definition) is 3. The summed E-state index contributed by atoms with van der Waals surface area (Å²) in [4.78, 5) is 0.283. The van der Waals surface area contributed by atoms with Crippen LogP contribution in [0, 0.1) is 0 Å².